The van der Waals surface area contributed by atoms with Gasteiger partial charge in [0.1, 0.15) is 18.3 Å². The molecule has 8 nitrogen and oxygen atoms in total. The fraction of sp³-hybridized carbons (Fsp3) is 0.375. The number of hydrogen-bond donors (Lipinski definition) is 1. The van der Waals surface area contributed by atoms with Gasteiger partial charge in [-0.2, -0.15) is 0 Å². The first kappa shape index (κ1) is 35.6. The molecule has 0 radical (unpaired) electrons. The Kier molecular flexibility index (Phi) is 12.4. The maximum absolute atomic E-state index is 14.3. The fourth-order valence-corrected chi connectivity index (χ4v) is 6.63. The third-order valence-electron chi connectivity index (χ3n) is 6.58. The first-order valence-corrected chi connectivity index (χ1v) is 17.6. The molecule has 0 aliphatic rings. The van der Waals surface area contributed by atoms with Crippen LogP contribution in [0.4, 0.5) is 5.69 Å². The van der Waals surface area contributed by atoms with Crippen LogP contribution in [0.25, 0.3) is 0 Å². The number of amides is 2. The zero-order chi connectivity index (χ0) is 32.7. The second-order valence-electron chi connectivity index (χ2n) is 11.0. The topological polar surface area (TPSA) is 96.0 Å². The second kappa shape index (κ2) is 15.4. The van der Waals surface area contributed by atoms with Crippen LogP contribution in [0.5, 0.6) is 5.75 Å². The molecule has 0 heterocycles. The number of halogens is 2. The van der Waals surface area contributed by atoms with Crippen LogP contribution in [0.2, 0.25) is 10.0 Å². The van der Waals surface area contributed by atoms with Crippen molar-refractivity contribution in [3.8, 4) is 5.75 Å². The first-order chi connectivity index (χ1) is 20.7. The number of nitrogens with zero attached hydrogens (tertiary/aromatic N) is 2. The summed E-state index contributed by atoms with van der Waals surface area (Å²) in [6, 6.07) is 17.1. The second-order valence-corrected chi connectivity index (χ2v) is 14.6. The highest BCUT2D eigenvalue weighted by molar-refractivity contribution is 7.98. The van der Waals surface area contributed by atoms with Crippen LogP contribution in [0, 0.1) is 0 Å². The monoisotopic (exact) mass is 679 g/mol. The van der Waals surface area contributed by atoms with Crippen LogP contribution < -0.4 is 14.4 Å². The number of sulfonamides is 1. The summed E-state index contributed by atoms with van der Waals surface area (Å²) in [5.74, 6) is -0.350. The smallest absolute Gasteiger partial charge is 0.264 e. The average molecular weight is 681 g/mol. The Bertz CT molecular complexity index is 1540. The third kappa shape index (κ3) is 9.30. The van der Waals surface area contributed by atoms with Crippen molar-refractivity contribution in [1.82, 2.24) is 10.2 Å². The van der Waals surface area contributed by atoms with Crippen LogP contribution in [0.15, 0.2) is 76.5 Å². The lowest BCUT2D eigenvalue weighted by molar-refractivity contribution is -0.141. The number of benzene rings is 3. The van der Waals surface area contributed by atoms with Crippen LogP contribution in [0.3, 0.4) is 0 Å². The highest BCUT2D eigenvalue weighted by Crippen LogP contribution is 2.29. The van der Waals surface area contributed by atoms with Crippen LogP contribution in [-0.2, 0) is 26.2 Å². The van der Waals surface area contributed by atoms with E-state index >= 15 is 0 Å². The minimum atomic E-state index is -4.20. The molecule has 238 valence electrons. The van der Waals surface area contributed by atoms with E-state index in [1.165, 1.54) is 28.8 Å². The van der Waals surface area contributed by atoms with Crippen molar-refractivity contribution in [2.24, 2.45) is 0 Å². The summed E-state index contributed by atoms with van der Waals surface area (Å²) < 4.78 is 34.8. The number of carbonyl (C=O) groups is 2. The summed E-state index contributed by atoms with van der Waals surface area (Å²) >= 11 is 13.9. The van der Waals surface area contributed by atoms with Gasteiger partial charge in [0.25, 0.3) is 10.0 Å². The molecule has 3 aromatic carbocycles. The molecule has 3 rings (SSSR count). The van der Waals surface area contributed by atoms with Gasteiger partial charge in [-0.25, -0.2) is 8.42 Å². The Labute approximate surface area is 275 Å². The minimum Gasteiger partial charge on any atom is -0.494 e. The summed E-state index contributed by atoms with van der Waals surface area (Å²) in [4.78, 5) is 30.1. The molecule has 0 aromatic heterocycles. The molecule has 0 spiro atoms. The Balaban J connectivity index is 2.09. The molecule has 0 aliphatic heterocycles. The summed E-state index contributed by atoms with van der Waals surface area (Å²) in [5, 5.41) is 3.61. The van der Waals surface area contributed by atoms with Gasteiger partial charge in [0.15, 0.2) is 0 Å². The zero-order valence-electron chi connectivity index (χ0n) is 25.8. The summed E-state index contributed by atoms with van der Waals surface area (Å²) in [6.45, 7) is 9.11. The Hall–Kier alpha value is -2.92. The largest absolute Gasteiger partial charge is 0.494 e. The molecule has 44 heavy (non-hydrogen) atoms. The average Bonchev–Trinajstić information content (AvgIpc) is 2.97. The van der Waals surface area contributed by atoms with E-state index in [0.717, 1.165) is 9.20 Å². The molecule has 0 saturated carbocycles. The van der Waals surface area contributed by atoms with Crippen molar-refractivity contribution in [1.29, 1.82) is 0 Å². The van der Waals surface area contributed by atoms with E-state index < -0.39 is 34.1 Å². The SMILES string of the molecule is CCOc1ccc(N(CC(=O)N(Cc2ccc(Cl)c(Cl)c2)[C@H](CC)C(=O)NC(C)(C)C)S(=O)(=O)c2ccc(SC)cc2)cc1. The fourth-order valence-electron chi connectivity index (χ4n) is 4.49. The lowest BCUT2D eigenvalue weighted by Gasteiger charge is -2.35. The number of carbonyl (C=O) groups excluding carboxylic acids is 2. The highest BCUT2D eigenvalue weighted by Gasteiger charge is 2.34. The molecule has 1 N–H and O–H groups in total. The van der Waals surface area contributed by atoms with Crippen LogP contribution in [0.1, 0.15) is 46.6 Å². The summed E-state index contributed by atoms with van der Waals surface area (Å²) in [7, 11) is -4.20. The number of rotatable bonds is 13. The van der Waals surface area contributed by atoms with E-state index in [9.17, 15) is 18.0 Å². The normalized spacial score (nSPS) is 12.4. The number of anilines is 1. The maximum Gasteiger partial charge on any atom is 0.264 e. The van der Waals surface area contributed by atoms with Crippen molar-refractivity contribution >= 4 is 62.5 Å². The summed E-state index contributed by atoms with van der Waals surface area (Å²) in [6.07, 6.45) is 2.19. The zero-order valence-corrected chi connectivity index (χ0v) is 28.9. The number of nitrogens with one attached hydrogen (secondary N) is 1. The molecule has 0 aliphatic carbocycles. The van der Waals surface area contributed by atoms with E-state index in [1.807, 2.05) is 34.0 Å². The predicted octanol–water partition coefficient (Wildman–Crippen LogP) is 7.03. The van der Waals surface area contributed by atoms with Crippen molar-refractivity contribution in [3.63, 3.8) is 0 Å². The lowest BCUT2D eigenvalue weighted by atomic mass is 10.1. The Morgan fingerprint density at radius 3 is 2.11 bits per heavy atom. The molecule has 12 heteroatoms. The Morgan fingerprint density at radius 1 is 0.955 bits per heavy atom. The van der Waals surface area contributed by atoms with E-state index in [2.05, 4.69) is 5.32 Å². The number of thioether (sulfide) groups is 1. The minimum absolute atomic E-state index is 0.00533. The number of ether oxygens (including phenoxy) is 1. The van der Waals surface area contributed by atoms with E-state index in [1.54, 1.807) is 61.5 Å². The molecule has 0 unspecified atom stereocenters. The van der Waals surface area contributed by atoms with Gasteiger partial charge in [-0.15, -0.1) is 11.8 Å². The van der Waals surface area contributed by atoms with Gasteiger partial charge in [-0.05, 0) is 107 Å². The molecular weight excluding hydrogens is 641 g/mol. The van der Waals surface area contributed by atoms with Gasteiger partial charge in [0.2, 0.25) is 11.8 Å². The van der Waals surface area contributed by atoms with Gasteiger partial charge >= 0.3 is 0 Å². The molecule has 2 amide bonds. The van der Waals surface area contributed by atoms with Crippen LogP contribution in [-0.4, -0.2) is 56.1 Å². The molecule has 0 saturated heterocycles. The third-order valence-corrected chi connectivity index (χ3v) is 9.85. The van der Waals surface area contributed by atoms with Crippen molar-refractivity contribution < 1.29 is 22.7 Å². The van der Waals surface area contributed by atoms with Crippen LogP contribution >= 0.6 is 35.0 Å². The van der Waals surface area contributed by atoms with Crippen molar-refractivity contribution in [2.45, 2.75) is 69.0 Å². The van der Waals surface area contributed by atoms with Gasteiger partial charge in [-0.1, -0.05) is 36.2 Å². The molecule has 0 fully saturated rings. The van der Waals surface area contributed by atoms with E-state index in [4.69, 9.17) is 27.9 Å². The Morgan fingerprint density at radius 2 is 1.59 bits per heavy atom. The standard InChI is InChI=1S/C32H39Cl2N3O5S2/c1-7-29(31(39)35-32(3,4)5)36(20-22-9-18-27(33)28(34)19-22)30(38)21-37(23-10-12-24(13-11-23)42-8-2)44(40,41)26-16-14-25(43-6)15-17-26/h9-19,29H,7-8,20-21H2,1-6H3,(H,35,39)/t29-/m1/s1. The van der Waals surface area contributed by atoms with Crippen molar-refractivity contribution in [3.05, 3.63) is 82.3 Å². The molecule has 3 aromatic rings. The quantitative estimate of drug-likeness (QED) is 0.195. The summed E-state index contributed by atoms with van der Waals surface area (Å²) in [5.41, 5.74) is 0.360. The number of hydrogen-bond acceptors (Lipinski definition) is 6. The van der Waals surface area contributed by atoms with E-state index in [-0.39, 0.29) is 23.0 Å². The van der Waals surface area contributed by atoms with E-state index in [0.29, 0.717) is 34.4 Å². The molecular formula is C32H39Cl2N3O5S2. The predicted molar refractivity (Wildman–Crippen MR) is 179 cm³/mol. The lowest BCUT2D eigenvalue weighted by Crippen LogP contribution is -2.55. The van der Waals surface area contributed by atoms with Gasteiger partial charge in [0.05, 0.1) is 27.2 Å². The molecule has 1 atom stereocenters. The van der Waals surface area contributed by atoms with Gasteiger partial charge in [-0.3, -0.25) is 13.9 Å². The maximum atomic E-state index is 14.3. The first-order valence-electron chi connectivity index (χ1n) is 14.1. The molecule has 0 bridgehead atoms. The van der Waals surface area contributed by atoms with Crippen molar-refractivity contribution in [2.75, 3.05) is 23.7 Å². The van der Waals surface area contributed by atoms with Gasteiger partial charge < -0.3 is 15.0 Å². The van der Waals surface area contributed by atoms with Gasteiger partial charge in [0, 0.05) is 17.0 Å². The highest BCUT2D eigenvalue weighted by atomic mass is 35.5.